The zero-order valence-electron chi connectivity index (χ0n) is 12.1. The van der Waals surface area contributed by atoms with Crippen LogP contribution < -0.4 is 0 Å². The van der Waals surface area contributed by atoms with E-state index in [0.29, 0.717) is 0 Å². The van der Waals surface area contributed by atoms with Gasteiger partial charge in [-0.2, -0.15) is 0 Å². The second-order valence-corrected chi connectivity index (χ2v) is 5.68. The zero-order valence-corrected chi connectivity index (χ0v) is 13.7. The fourth-order valence-electron chi connectivity index (χ4n) is 2.46. The predicted octanol–water partition coefficient (Wildman–Crippen LogP) is 4.92. The zero-order chi connectivity index (χ0) is 15.5. The number of pyridine rings is 1. The molecule has 0 aliphatic rings. The Morgan fingerprint density at radius 1 is 1.05 bits per heavy atom. The molecule has 3 rings (SSSR count). The van der Waals surface area contributed by atoms with Gasteiger partial charge in [0, 0.05) is 30.1 Å². The maximum Gasteiger partial charge on any atom is 0.178 e. The largest absolute Gasteiger partial charge is 0.318 e. The molecular formula is C17H15BrFN3. The van der Waals surface area contributed by atoms with E-state index in [9.17, 15) is 4.39 Å². The summed E-state index contributed by atoms with van der Waals surface area (Å²) in [5.74, 6) is -0.249. The van der Waals surface area contributed by atoms with Gasteiger partial charge in [-0.25, -0.2) is 9.37 Å². The van der Waals surface area contributed by atoms with E-state index in [2.05, 4.69) is 37.4 Å². The number of aromatic nitrogens is 3. The molecule has 0 aliphatic heterocycles. The summed E-state index contributed by atoms with van der Waals surface area (Å²) >= 11 is 3.54. The van der Waals surface area contributed by atoms with Gasteiger partial charge in [0.2, 0.25) is 0 Å². The van der Waals surface area contributed by atoms with E-state index in [-0.39, 0.29) is 5.82 Å². The third kappa shape index (κ3) is 2.81. The highest BCUT2D eigenvalue weighted by atomic mass is 79.9. The smallest absolute Gasteiger partial charge is 0.178 e. The minimum absolute atomic E-state index is 0.249. The van der Waals surface area contributed by atoms with E-state index in [4.69, 9.17) is 0 Å². The molecule has 0 N–H and O–H groups in total. The van der Waals surface area contributed by atoms with Gasteiger partial charge in [-0.05, 0) is 58.7 Å². The fraction of sp³-hybridized carbons (Fsp3) is 0.176. The molecule has 0 saturated heterocycles. The van der Waals surface area contributed by atoms with Crippen LogP contribution in [-0.2, 0) is 6.54 Å². The highest BCUT2D eigenvalue weighted by molar-refractivity contribution is 9.10. The van der Waals surface area contributed by atoms with Crippen molar-refractivity contribution in [2.75, 3.05) is 0 Å². The Labute approximate surface area is 137 Å². The Bertz CT molecular complexity index is 767. The average molecular weight is 360 g/mol. The maximum absolute atomic E-state index is 13.2. The van der Waals surface area contributed by atoms with Crippen LogP contribution in [0, 0.1) is 5.82 Å². The van der Waals surface area contributed by atoms with Crippen molar-refractivity contribution in [3.8, 4) is 22.5 Å². The fourth-order valence-corrected chi connectivity index (χ4v) is 3.00. The van der Waals surface area contributed by atoms with Gasteiger partial charge in [0.1, 0.15) is 5.82 Å². The van der Waals surface area contributed by atoms with E-state index in [1.165, 1.54) is 12.1 Å². The number of rotatable bonds is 4. The number of halogens is 2. The highest BCUT2D eigenvalue weighted by Gasteiger charge is 2.18. The Balaban J connectivity index is 2.22. The maximum atomic E-state index is 13.2. The van der Waals surface area contributed by atoms with Crippen molar-refractivity contribution in [2.24, 2.45) is 0 Å². The average Bonchev–Trinajstić information content (AvgIpc) is 2.86. The first-order valence-corrected chi connectivity index (χ1v) is 7.92. The monoisotopic (exact) mass is 359 g/mol. The Hall–Kier alpha value is -2.01. The van der Waals surface area contributed by atoms with Gasteiger partial charge < -0.3 is 4.57 Å². The summed E-state index contributed by atoms with van der Waals surface area (Å²) in [5.41, 5.74) is 3.79. The van der Waals surface area contributed by atoms with Gasteiger partial charge in [0.05, 0.1) is 11.4 Å². The summed E-state index contributed by atoms with van der Waals surface area (Å²) in [4.78, 5) is 8.72. The summed E-state index contributed by atoms with van der Waals surface area (Å²) in [5, 5.41) is 0. The quantitative estimate of drug-likeness (QED) is 0.661. The van der Waals surface area contributed by atoms with Crippen LogP contribution in [0.3, 0.4) is 0 Å². The molecule has 2 aromatic heterocycles. The van der Waals surface area contributed by atoms with Crippen LogP contribution in [-0.4, -0.2) is 14.5 Å². The van der Waals surface area contributed by atoms with Crippen LogP contribution in [0.5, 0.6) is 0 Å². The van der Waals surface area contributed by atoms with Gasteiger partial charge in [-0.3, -0.25) is 4.98 Å². The normalized spacial score (nSPS) is 10.9. The van der Waals surface area contributed by atoms with Gasteiger partial charge in [-0.15, -0.1) is 0 Å². The molecule has 2 heterocycles. The standard InChI is InChI=1S/C17H15BrFN3/c1-2-11-22-16(13-7-9-20-10-8-13)15(21-17(22)18)12-3-5-14(19)6-4-12/h3-10H,2,11H2,1H3. The third-order valence-corrected chi connectivity index (χ3v) is 4.05. The van der Waals surface area contributed by atoms with Gasteiger partial charge in [0.25, 0.3) is 0 Å². The molecule has 0 fully saturated rings. The minimum Gasteiger partial charge on any atom is -0.318 e. The molecule has 0 bridgehead atoms. The molecule has 3 aromatic rings. The predicted molar refractivity (Wildman–Crippen MR) is 88.8 cm³/mol. The number of benzene rings is 1. The van der Waals surface area contributed by atoms with E-state index >= 15 is 0 Å². The van der Waals surface area contributed by atoms with E-state index in [1.807, 2.05) is 12.1 Å². The second kappa shape index (κ2) is 6.40. The first-order chi connectivity index (χ1) is 10.7. The van der Waals surface area contributed by atoms with Crippen LogP contribution in [0.2, 0.25) is 0 Å². The molecule has 0 unspecified atom stereocenters. The van der Waals surface area contributed by atoms with Crippen LogP contribution in [0.25, 0.3) is 22.5 Å². The SMILES string of the molecule is CCCn1c(Br)nc(-c2ccc(F)cc2)c1-c1ccncc1. The van der Waals surface area contributed by atoms with Crippen LogP contribution >= 0.6 is 15.9 Å². The summed E-state index contributed by atoms with van der Waals surface area (Å²) < 4.78 is 16.1. The highest BCUT2D eigenvalue weighted by Crippen LogP contribution is 2.34. The Morgan fingerprint density at radius 3 is 2.36 bits per heavy atom. The van der Waals surface area contributed by atoms with Gasteiger partial charge in [-0.1, -0.05) is 6.92 Å². The van der Waals surface area contributed by atoms with Gasteiger partial charge >= 0.3 is 0 Å². The molecular weight excluding hydrogens is 345 g/mol. The Morgan fingerprint density at radius 2 is 1.73 bits per heavy atom. The first-order valence-electron chi connectivity index (χ1n) is 7.13. The molecule has 0 spiro atoms. The summed E-state index contributed by atoms with van der Waals surface area (Å²) in [7, 11) is 0. The lowest BCUT2D eigenvalue weighted by atomic mass is 10.1. The number of imidazole rings is 1. The summed E-state index contributed by atoms with van der Waals surface area (Å²) in [6, 6.07) is 10.3. The first kappa shape index (κ1) is 14.9. The van der Waals surface area contributed by atoms with Crippen molar-refractivity contribution in [1.82, 2.24) is 14.5 Å². The van der Waals surface area contributed by atoms with Crippen LogP contribution in [0.1, 0.15) is 13.3 Å². The summed E-state index contributed by atoms with van der Waals surface area (Å²) in [6.45, 7) is 2.98. The molecule has 1 aromatic carbocycles. The van der Waals surface area contributed by atoms with E-state index < -0.39 is 0 Å². The topological polar surface area (TPSA) is 30.7 Å². The van der Waals surface area contributed by atoms with Crippen molar-refractivity contribution in [3.63, 3.8) is 0 Å². The third-order valence-electron chi connectivity index (χ3n) is 3.44. The Kier molecular flexibility index (Phi) is 4.34. The molecule has 22 heavy (non-hydrogen) atoms. The number of hydrogen-bond acceptors (Lipinski definition) is 2. The van der Waals surface area contributed by atoms with Crippen LogP contribution in [0.15, 0.2) is 53.5 Å². The minimum atomic E-state index is -0.249. The molecule has 3 nitrogen and oxygen atoms in total. The van der Waals surface area contributed by atoms with Crippen LogP contribution in [0.4, 0.5) is 4.39 Å². The number of nitrogens with zero attached hydrogens (tertiary/aromatic N) is 3. The lowest BCUT2D eigenvalue weighted by molar-refractivity contribution is 0.628. The molecule has 0 amide bonds. The van der Waals surface area contributed by atoms with Crippen molar-refractivity contribution in [1.29, 1.82) is 0 Å². The second-order valence-electron chi connectivity index (χ2n) is 4.97. The molecule has 0 saturated carbocycles. The van der Waals surface area contributed by atoms with Crippen molar-refractivity contribution < 1.29 is 4.39 Å². The van der Waals surface area contributed by atoms with Crippen molar-refractivity contribution >= 4 is 15.9 Å². The van der Waals surface area contributed by atoms with E-state index in [0.717, 1.165) is 40.2 Å². The molecule has 5 heteroatoms. The number of hydrogen-bond donors (Lipinski definition) is 0. The van der Waals surface area contributed by atoms with Crippen molar-refractivity contribution in [3.05, 3.63) is 59.3 Å². The molecule has 112 valence electrons. The van der Waals surface area contributed by atoms with Crippen molar-refractivity contribution in [2.45, 2.75) is 19.9 Å². The lowest BCUT2D eigenvalue weighted by Gasteiger charge is -2.10. The lowest BCUT2D eigenvalue weighted by Crippen LogP contribution is -2.00. The molecule has 0 aliphatic carbocycles. The van der Waals surface area contributed by atoms with E-state index in [1.54, 1.807) is 24.5 Å². The molecule has 0 radical (unpaired) electrons. The van der Waals surface area contributed by atoms with Gasteiger partial charge in [0.15, 0.2) is 4.73 Å². The molecule has 0 atom stereocenters. The summed E-state index contributed by atoms with van der Waals surface area (Å²) in [6.07, 6.45) is 4.53.